The number of nitrogens with two attached hydrogens (primary N) is 1. The predicted octanol–water partition coefficient (Wildman–Crippen LogP) is 0.736. The third-order valence-electron chi connectivity index (χ3n) is 3.08. The Morgan fingerprint density at radius 2 is 2.13 bits per heavy atom. The van der Waals surface area contributed by atoms with Crippen molar-refractivity contribution in [2.75, 3.05) is 26.9 Å². The van der Waals surface area contributed by atoms with E-state index in [9.17, 15) is 4.79 Å². The molecular formula is C11H21NO3. The van der Waals surface area contributed by atoms with Crippen molar-refractivity contribution in [2.45, 2.75) is 31.7 Å². The van der Waals surface area contributed by atoms with Crippen molar-refractivity contribution in [3.8, 4) is 0 Å². The molecule has 1 atom stereocenters. The summed E-state index contributed by atoms with van der Waals surface area (Å²) in [6.45, 7) is 3.73. The standard InChI is InChI=1S/C11H21NO3/c1-9(3-6-14-2)10(13)11(12)4-7-15-8-5-11/h9H,3-8,12H2,1-2H3. The number of hydrogen-bond donors (Lipinski definition) is 1. The van der Waals surface area contributed by atoms with E-state index in [1.165, 1.54) is 0 Å². The zero-order valence-electron chi connectivity index (χ0n) is 9.62. The van der Waals surface area contributed by atoms with E-state index >= 15 is 0 Å². The molecule has 4 heteroatoms. The number of hydrogen-bond acceptors (Lipinski definition) is 4. The number of carbonyl (C=O) groups excluding carboxylic acids is 1. The zero-order valence-corrected chi connectivity index (χ0v) is 9.62. The number of ether oxygens (including phenoxy) is 2. The lowest BCUT2D eigenvalue weighted by molar-refractivity contribution is -0.131. The minimum Gasteiger partial charge on any atom is -0.385 e. The first-order valence-electron chi connectivity index (χ1n) is 5.50. The summed E-state index contributed by atoms with van der Waals surface area (Å²) in [5.41, 5.74) is 5.44. The second-order valence-corrected chi connectivity index (χ2v) is 4.32. The summed E-state index contributed by atoms with van der Waals surface area (Å²) in [4.78, 5) is 12.1. The minimum atomic E-state index is -0.661. The first kappa shape index (κ1) is 12.6. The van der Waals surface area contributed by atoms with Crippen molar-refractivity contribution in [1.29, 1.82) is 0 Å². The highest BCUT2D eigenvalue weighted by molar-refractivity contribution is 5.90. The molecule has 0 saturated carbocycles. The van der Waals surface area contributed by atoms with Gasteiger partial charge >= 0.3 is 0 Å². The topological polar surface area (TPSA) is 61.5 Å². The molecule has 0 radical (unpaired) electrons. The number of rotatable bonds is 5. The summed E-state index contributed by atoms with van der Waals surface area (Å²) in [5.74, 6) is 0.135. The van der Waals surface area contributed by atoms with Crippen LogP contribution in [-0.4, -0.2) is 38.3 Å². The van der Waals surface area contributed by atoms with Crippen LogP contribution in [0.25, 0.3) is 0 Å². The van der Waals surface area contributed by atoms with Gasteiger partial charge in [0.15, 0.2) is 5.78 Å². The van der Waals surface area contributed by atoms with Gasteiger partial charge in [-0.25, -0.2) is 0 Å². The Morgan fingerprint density at radius 1 is 1.53 bits per heavy atom. The molecule has 1 aliphatic rings. The normalized spacial score (nSPS) is 22.3. The summed E-state index contributed by atoms with van der Waals surface area (Å²) >= 11 is 0. The zero-order chi connectivity index (χ0) is 11.3. The van der Waals surface area contributed by atoms with Crippen LogP contribution in [-0.2, 0) is 14.3 Å². The van der Waals surface area contributed by atoms with Crippen LogP contribution in [0.1, 0.15) is 26.2 Å². The highest BCUT2D eigenvalue weighted by Gasteiger charge is 2.37. The highest BCUT2D eigenvalue weighted by Crippen LogP contribution is 2.23. The Balaban J connectivity index is 2.49. The molecule has 0 aromatic rings. The summed E-state index contributed by atoms with van der Waals surface area (Å²) < 4.78 is 10.2. The fourth-order valence-corrected chi connectivity index (χ4v) is 1.90. The molecule has 4 nitrogen and oxygen atoms in total. The molecule has 0 spiro atoms. The van der Waals surface area contributed by atoms with Gasteiger partial charge in [-0.05, 0) is 19.3 Å². The molecule has 1 aliphatic heterocycles. The van der Waals surface area contributed by atoms with Gasteiger partial charge in [0.2, 0.25) is 0 Å². The number of carbonyl (C=O) groups is 1. The molecule has 1 fully saturated rings. The molecule has 0 aromatic carbocycles. The van der Waals surface area contributed by atoms with E-state index in [0.29, 0.717) is 32.7 Å². The molecule has 0 aliphatic carbocycles. The molecule has 1 saturated heterocycles. The summed E-state index contributed by atoms with van der Waals surface area (Å²) in [6, 6.07) is 0. The molecule has 2 N–H and O–H groups in total. The van der Waals surface area contributed by atoms with Crippen LogP contribution in [0.5, 0.6) is 0 Å². The van der Waals surface area contributed by atoms with Gasteiger partial charge in [-0.3, -0.25) is 4.79 Å². The second-order valence-electron chi connectivity index (χ2n) is 4.32. The van der Waals surface area contributed by atoms with E-state index in [1.54, 1.807) is 7.11 Å². The average molecular weight is 215 g/mol. The SMILES string of the molecule is COCCC(C)C(=O)C1(N)CCOCC1. The lowest BCUT2D eigenvalue weighted by Crippen LogP contribution is -2.54. The molecule has 0 bridgehead atoms. The van der Waals surface area contributed by atoms with Gasteiger partial charge in [0.25, 0.3) is 0 Å². The fraction of sp³-hybridized carbons (Fsp3) is 0.909. The molecule has 0 aromatic heterocycles. The minimum absolute atomic E-state index is 0.0203. The number of Topliss-reactive ketones (excluding diaryl/α,β-unsaturated/α-hetero) is 1. The largest absolute Gasteiger partial charge is 0.385 e. The second kappa shape index (κ2) is 5.58. The molecule has 88 valence electrons. The van der Waals surface area contributed by atoms with Crippen LogP contribution < -0.4 is 5.73 Å². The van der Waals surface area contributed by atoms with Crippen LogP contribution in [0, 0.1) is 5.92 Å². The first-order chi connectivity index (χ1) is 7.10. The van der Waals surface area contributed by atoms with Crippen molar-refractivity contribution >= 4 is 5.78 Å². The first-order valence-corrected chi connectivity index (χ1v) is 5.50. The van der Waals surface area contributed by atoms with Crippen LogP contribution >= 0.6 is 0 Å². The molecule has 1 rings (SSSR count). The van der Waals surface area contributed by atoms with E-state index < -0.39 is 5.54 Å². The molecule has 1 heterocycles. The van der Waals surface area contributed by atoms with Crippen LogP contribution in [0.15, 0.2) is 0 Å². The van der Waals surface area contributed by atoms with Gasteiger partial charge in [-0.15, -0.1) is 0 Å². The summed E-state index contributed by atoms with van der Waals surface area (Å²) in [6.07, 6.45) is 2.03. The lowest BCUT2D eigenvalue weighted by atomic mass is 9.80. The van der Waals surface area contributed by atoms with E-state index in [0.717, 1.165) is 6.42 Å². The van der Waals surface area contributed by atoms with Crippen molar-refractivity contribution < 1.29 is 14.3 Å². The van der Waals surface area contributed by atoms with Crippen molar-refractivity contribution in [1.82, 2.24) is 0 Å². The molecular weight excluding hydrogens is 194 g/mol. The Morgan fingerprint density at radius 3 is 2.67 bits per heavy atom. The Bertz CT molecular complexity index is 212. The lowest BCUT2D eigenvalue weighted by Gasteiger charge is -2.33. The molecule has 1 unspecified atom stereocenters. The Labute approximate surface area is 91.1 Å². The van der Waals surface area contributed by atoms with E-state index in [-0.39, 0.29) is 11.7 Å². The van der Waals surface area contributed by atoms with E-state index in [4.69, 9.17) is 15.2 Å². The highest BCUT2D eigenvalue weighted by atomic mass is 16.5. The van der Waals surface area contributed by atoms with Crippen molar-refractivity contribution in [3.05, 3.63) is 0 Å². The van der Waals surface area contributed by atoms with Crippen LogP contribution in [0.4, 0.5) is 0 Å². The van der Waals surface area contributed by atoms with E-state index in [1.807, 2.05) is 6.92 Å². The quantitative estimate of drug-likeness (QED) is 0.734. The predicted molar refractivity (Wildman–Crippen MR) is 57.6 cm³/mol. The molecule has 15 heavy (non-hydrogen) atoms. The van der Waals surface area contributed by atoms with Crippen LogP contribution in [0.3, 0.4) is 0 Å². The monoisotopic (exact) mass is 215 g/mol. The summed E-state index contributed by atoms with van der Waals surface area (Å²) in [5, 5.41) is 0. The van der Waals surface area contributed by atoms with Gasteiger partial charge in [0.1, 0.15) is 0 Å². The van der Waals surface area contributed by atoms with Gasteiger partial charge in [-0.1, -0.05) is 6.92 Å². The maximum absolute atomic E-state index is 12.1. The van der Waals surface area contributed by atoms with Crippen molar-refractivity contribution in [3.63, 3.8) is 0 Å². The number of methoxy groups -OCH3 is 1. The van der Waals surface area contributed by atoms with E-state index in [2.05, 4.69) is 0 Å². The average Bonchev–Trinajstić information content (AvgIpc) is 2.26. The third kappa shape index (κ3) is 3.26. The van der Waals surface area contributed by atoms with Gasteiger partial charge in [-0.2, -0.15) is 0 Å². The smallest absolute Gasteiger partial charge is 0.155 e. The maximum atomic E-state index is 12.1. The third-order valence-corrected chi connectivity index (χ3v) is 3.08. The molecule has 0 amide bonds. The summed E-state index contributed by atoms with van der Waals surface area (Å²) in [7, 11) is 1.64. The van der Waals surface area contributed by atoms with Gasteiger partial charge in [0, 0.05) is 32.8 Å². The fourth-order valence-electron chi connectivity index (χ4n) is 1.90. The van der Waals surface area contributed by atoms with Gasteiger partial charge < -0.3 is 15.2 Å². The van der Waals surface area contributed by atoms with Gasteiger partial charge in [0.05, 0.1) is 5.54 Å². The Kier molecular flexibility index (Phi) is 4.70. The van der Waals surface area contributed by atoms with Crippen LogP contribution in [0.2, 0.25) is 0 Å². The Hall–Kier alpha value is -0.450. The number of ketones is 1. The van der Waals surface area contributed by atoms with Crippen molar-refractivity contribution in [2.24, 2.45) is 11.7 Å². The maximum Gasteiger partial charge on any atom is 0.155 e.